The van der Waals surface area contributed by atoms with E-state index in [0.717, 1.165) is 9.64 Å². The zero-order chi connectivity index (χ0) is 14.0. The number of ketones is 1. The maximum atomic E-state index is 13.3. The third-order valence-corrected chi connectivity index (χ3v) is 3.75. The highest BCUT2D eigenvalue weighted by atomic mass is 127. The number of methoxy groups -OCH3 is 1. The van der Waals surface area contributed by atoms with Gasteiger partial charge in [0.25, 0.3) is 0 Å². The van der Waals surface area contributed by atoms with Gasteiger partial charge in [0, 0.05) is 14.2 Å². The Bertz CT molecular complexity index is 643. The summed E-state index contributed by atoms with van der Waals surface area (Å²) in [5.41, 5.74) is 0.611. The molecule has 0 saturated heterocycles. The van der Waals surface area contributed by atoms with Crippen LogP contribution in [0.15, 0.2) is 36.4 Å². The van der Waals surface area contributed by atoms with Gasteiger partial charge in [-0.05, 0) is 59.0 Å². The monoisotopic (exact) mass is 390 g/mol. The summed E-state index contributed by atoms with van der Waals surface area (Å²) in [5.74, 6) is -0.466. The van der Waals surface area contributed by atoms with Crippen molar-refractivity contribution in [3.8, 4) is 5.75 Å². The smallest absolute Gasteiger partial charge is 0.197 e. The molecular weight excluding hydrogens is 382 g/mol. The molecule has 0 bridgehead atoms. The molecule has 0 aromatic heterocycles. The fourth-order valence-electron chi connectivity index (χ4n) is 1.67. The van der Waals surface area contributed by atoms with Crippen molar-refractivity contribution in [3.05, 3.63) is 61.9 Å². The minimum Gasteiger partial charge on any atom is -0.496 e. The number of carbonyl (C=O) groups excluding carboxylic acids is 1. The van der Waals surface area contributed by atoms with Crippen LogP contribution in [0, 0.1) is 9.39 Å². The minimum absolute atomic E-state index is 0.183. The summed E-state index contributed by atoms with van der Waals surface area (Å²) in [7, 11) is 1.44. The molecule has 0 aliphatic heterocycles. The van der Waals surface area contributed by atoms with Gasteiger partial charge < -0.3 is 4.74 Å². The average molecular weight is 391 g/mol. The Hall–Kier alpha value is -1.14. The Morgan fingerprint density at radius 1 is 1.21 bits per heavy atom. The number of carbonyl (C=O) groups is 1. The highest BCUT2D eigenvalue weighted by Crippen LogP contribution is 2.26. The van der Waals surface area contributed by atoms with Gasteiger partial charge in [0.15, 0.2) is 5.78 Å². The summed E-state index contributed by atoms with van der Waals surface area (Å²) in [6, 6.07) is 8.84. The van der Waals surface area contributed by atoms with E-state index in [0.29, 0.717) is 16.3 Å². The van der Waals surface area contributed by atoms with Crippen molar-refractivity contribution < 1.29 is 13.9 Å². The van der Waals surface area contributed by atoms with E-state index >= 15 is 0 Å². The van der Waals surface area contributed by atoms with Crippen molar-refractivity contribution in [1.29, 1.82) is 0 Å². The van der Waals surface area contributed by atoms with Crippen molar-refractivity contribution >= 4 is 40.0 Å². The SMILES string of the molecule is COc1ccc(F)cc1C(=O)c1cc(Cl)ccc1I. The fraction of sp³-hybridized carbons (Fsp3) is 0.0714. The van der Waals surface area contributed by atoms with Gasteiger partial charge in [-0.25, -0.2) is 4.39 Å². The molecule has 2 aromatic carbocycles. The number of halogens is 3. The van der Waals surface area contributed by atoms with E-state index in [9.17, 15) is 9.18 Å². The van der Waals surface area contributed by atoms with Crippen molar-refractivity contribution in [2.45, 2.75) is 0 Å². The number of rotatable bonds is 3. The van der Waals surface area contributed by atoms with Crippen LogP contribution in [0.2, 0.25) is 5.02 Å². The lowest BCUT2D eigenvalue weighted by atomic mass is 10.0. The molecule has 98 valence electrons. The Kier molecular flexibility index (Phi) is 4.42. The molecule has 0 spiro atoms. The third kappa shape index (κ3) is 3.06. The molecule has 2 aromatic rings. The summed E-state index contributed by atoms with van der Waals surface area (Å²) < 4.78 is 19.1. The second kappa shape index (κ2) is 5.88. The molecule has 2 nitrogen and oxygen atoms in total. The van der Waals surface area contributed by atoms with Crippen molar-refractivity contribution in [1.82, 2.24) is 0 Å². The Morgan fingerprint density at radius 3 is 2.63 bits per heavy atom. The first-order chi connectivity index (χ1) is 9.02. The minimum atomic E-state index is -0.485. The first kappa shape index (κ1) is 14.3. The van der Waals surface area contributed by atoms with Gasteiger partial charge in [0.2, 0.25) is 0 Å². The molecule has 0 heterocycles. The lowest BCUT2D eigenvalue weighted by Crippen LogP contribution is -2.06. The first-order valence-corrected chi connectivity index (χ1v) is 6.82. The average Bonchev–Trinajstić information content (AvgIpc) is 2.40. The number of hydrogen-bond donors (Lipinski definition) is 0. The molecule has 0 saturated carbocycles. The van der Waals surface area contributed by atoms with Gasteiger partial charge in [0.05, 0.1) is 12.7 Å². The summed E-state index contributed by atoms with van der Waals surface area (Å²) in [4.78, 5) is 12.4. The number of hydrogen-bond acceptors (Lipinski definition) is 2. The standard InChI is InChI=1S/C14H9ClFIO2/c1-19-13-5-3-9(16)7-11(13)14(18)10-6-8(15)2-4-12(10)17/h2-7H,1H3. The highest BCUT2D eigenvalue weighted by Gasteiger charge is 2.18. The van der Waals surface area contributed by atoms with Crippen molar-refractivity contribution in [2.75, 3.05) is 7.11 Å². The fourth-order valence-corrected chi connectivity index (χ4v) is 2.43. The van der Waals surface area contributed by atoms with Crippen molar-refractivity contribution in [3.63, 3.8) is 0 Å². The molecule has 0 aliphatic carbocycles. The summed E-state index contributed by atoms with van der Waals surface area (Å²) in [5, 5.41) is 0.458. The molecule has 5 heteroatoms. The van der Waals surface area contributed by atoms with Gasteiger partial charge in [-0.2, -0.15) is 0 Å². The molecule has 0 aliphatic rings. The number of benzene rings is 2. The third-order valence-electron chi connectivity index (χ3n) is 2.58. The van der Waals surface area contributed by atoms with E-state index < -0.39 is 5.82 Å². The van der Waals surface area contributed by atoms with Gasteiger partial charge in [0.1, 0.15) is 11.6 Å². The van der Waals surface area contributed by atoms with Crippen LogP contribution in [0.3, 0.4) is 0 Å². The largest absolute Gasteiger partial charge is 0.496 e. The van der Waals surface area contributed by atoms with Crippen LogP contribution in [-0.4, -0.2) is 12.9 Å². The van der Waals surface area contributed by atoms with Gasteiger partial charge in [-0.1, -0.05) is 11.6 Å². The van der Waals surface area contributed by atoms with Crippen LogP contribution < -0.4 is 4.74 Å². The molecule has 0 N–H and O–H groups in total. The van der Waals surface area contributed by atoms with Crippen LogP contribution >= 0.6 is 34.2 Å². The van der Waals surface area contributed by atoms with Crippen LogP contribution in [-0.2, 0) is 0 Å². The van der Waals surface area contributed by atoms with E-state index in [4.69, 9.17) is 16.3 Å². The van der Waals surface area contributed by atoms with E-state index in [1.54, 1.807) is 18.2 Å². The predicted molar refractivity (Wildman–Crippen MR) is 80.6 cm³/mol. The normalized spacial score (nSPS) is 10.3. The molecule has 0 amide bonds. The van der Waals surface area contributed by atoms with Crippen LogP contribution in [0.25, 0.3) is 0 Å². The van der Waals surface area contributed by atoms with E-state index in [1.807, 2.05) is 22.6 Å². The zero-order valence-corrected chi connectivity index (χ0v) is 12.8. The topological polar surface area (TPSA) is 26.3 Å². The molecule has 0 fully saturated rings. The second-order valence-corrected chi connectivity index (χ2v) is 5.40. The Balaban J connectivity index is 2.55. The molecule has 0 unspecified atom stereocenters. The van der Waals surface area contributed by atoms with Gasteiger partial charge >= 0.3 is 0 Å². The molecule has 2 rings (SSSR count). The van der Waals surface area contributed by atoms with Gasteiger partial charge in [-0.15, -0.1) is 0 Å². The molecule has 19 heavy (non-hydrogen) atoms. The Morgan fingerprint density at radius 2 is 1.95 bits per heavy atom. The van der Waals surface area contributed by atoms with E-state index in [1.165, 1.54) is 19.2 Å². The molecule has 0 radical (unpaired) electrons. The Labute approximate surface area is 128 Å². The lowest BCUT2D eigenvalue weighted by molar-refractivity contribution is 0.103. The zero-order valence-electron chi connectivity index (χ0n) is 9.91. The maximum Gasteiger partial charge on any atom is 0.197 e. The van der Waals surface area contributed by atoms with Gasteiger partial charge in [-0.3, -0.25) is 4.79 Å². The highest BCUT2D eigenvalue weighted by molar-refractivity contribution is 14.1. The lowest BCUT2D eigenvalue weighted by Gasteiger charge is -2.09. The first-order valence-electron chi connectivity index (χ1n) is 5.36. The van der Waals surface area contributed by atoms with E-state index in [-0.39, 0.29) is 11.3 Å². The molecular formula is C14H9ClFIO2. The summed E-state index contributed by atoms with van der Waals surface area (Å²) >= 11 is 7.93. The second-order valence-electron chi connectivity index (χ2n) is 3.80. The van der Waals surface area contributed by atoms with Crippen LogP contribution in [0.1, 0.15) is 15.9 Å². The van der Waals surface area contributed by atoms with Crippen LogP contribution in [0.4, 0.5) is 4.39 Å². The summed E-state index contributed by atoms with van der Waals surface area (Å²) in [6.07, 6.45) is 0. The van der Waals surface area contributed by atoms with Crippen LogP contribution in [0.5, 0.6) is 5.75 Å². The predicted octanol–water partition coefficient (Wildman–Crippen LogP) is 4.32. The summed E-state index contributed by atoms with van der Waals surface area (Å²) in [6.45, 7) is 0. The van der Waals surface area contributed by atoms with Crippen molar-refractivity contribution in [2.24, 2.45) is 0 Å². The quantitative estimate of drug-likeness (QED) is 0.576. The number of ether oxygens (including phenoxy) is 1. The molecule has 0 atom stereocenters. The van der Waals surface area contributed by atoms with E-state index in [2.05, 4.69) is 0 Å². The maximum absolute atomic E-state index is 13.3.